The number of amides is 2. The second-order valence-electron chi connectivity index (χ2n) is 10.3. The largest absolute Gasteiger partial charge is 0.390 e. The summed E-state index contributed by atoms with van der Waals surface area (Å²) in [5.74, 6) is -0.594. The zero-order chi connectivity index (χ0) is 27.8. The molecular weight excluding hydrogens is 520 g/mol. The number of nitrogens with one attached hydrogen (secondary N) is 2. The van der Waals surface area contributed by atoms with Crippen LogP contribution >= 0.6 is 11.3 Å². The molecule has 3 unspecified atom stereocenters. The lowest BCUT2D eigenvalue weighted by Crippen LogP contribution is -2.56. The Balaban J connectivity index is 1.85. The Bertz CT molecular complexity index is 1230. The van der Waals surface area contributed by atoms with E-state index < -0.39 is 29.2 Å². The van der Waals surface area contributed by atoms with Crippen LogP contribution in [0.1, 0.15) is 40.2 Å². The van der Waals surface area contributed by atoms with Gasteiger partial charge < -0.3 is 15.7 Å². The molecule has 2 amide bonds. The summed E-state index contributed by atoms with van der Waals surface area (Å²) in [6.07, 6.45) is -0.632. The van der Waals surface area contributed by atoms with E-state index in [1.165, 1.54) is 18.3 Å². The fraction of sp³-hybridized carbons (Fsp3) is 0.464. The molecule has 10 heteroatoms. The number of aromatic nitrogens is 1. The summed E-state index contributed by atoms with van der Waals surface area (Å²) in [6.45, 7) is 9.75. The minimum Gasteiger partial charge on any atom is -0.390 e. The van der Waals surface area contributed by atoms with Gasteiger partial charge in [0.2, 0.25) is 11.8 Å². The van der Waals surface area contributed by atoms with Gasteiger partial charge in [0.15, 0.2) is 0 Å². The van der Waals surface area contributed by atoms with Crippen molar-refractivity contribution in [1.82, 2.24) is 19.9 Å². The summed E-state index contributed by atoms with van der Waals surface area (Å²) in [5, 5.41) is 17.1. The van der Waals surface area contributed by atoms with Crippen molar-refractivity contribution in [1.29, 1.82) is 0 Å². The van der Waals surface area contributed by atoms with E-state index in [0.717, 1.165) is 15.8 Å². The molecule has 2 aromatic carbocycles. The second kappa shape index (κ2) is 13.9. The number of fused-ring (bicyclic) bond motifs is 1. The molecule has 0 bridgehead atoms. The van der Waals surface area contributed by atoms with E-state index >= 15 is 0 Å². The Morgan fingerprint density at radius 2 is 1.76 bits per heavy atom. The van der Waals surface area contributed by atoms with Crippen molar-refractivity contribution in [3.63, 3.8) is 0 Å². The molecule has 3 N–H and O–H groups in total. The minimum absolute atomic E-state index is 0.0930. The van der Waals surface area contributed by atoms with Crippen molar-refractivity contribution < 1.29 is 18.9 Å². The van der Waals surface area contributed by atoms with Gasteiger partial charge in [-0.1, -0.05) is 58.0 Å². The molecule has 0 fully saturated rings. The minimum atomic E-state index is -1.52. The molecular formula is C28H38N4O4S2. The van der Waals surface area contributed by atoms with Gasteiger partial charge in [0, 0.05) is 20.0 Å². The molecule has 0 saturated heterocycles. The van der Waals surface area contributed by atoms with Crippen molar-refractivity contribution in [3.8, 4) is 0 Å². The molecule has 0 saturated carbocycles. The van der Waals surface area contributed by atoms with E-state index in [2.05, 4.69) is 15.6 Å². The normalized spacial score (nSPS) is 15.0. The highest BCUT2D eigenvalue weighted by Crippen LogP contribution is 2.23. The van der Waals surface area contributed by atoms with Gasteiger partial charge in [0.1, 0.15) is 17.0 Å². The molecule has 0 aliphatic rings. The number of rotatable bonds is 13. The van der Waals surface area contributed by atoms with Crippen LogP contribution in [0.4, 0.5) is 0 Å². The molecule has 0 radical (unpaired) electrons. The van der Waals surface area contributed by atoms with E-state index in [1.807, 2.05) is 76.2 Å². The van der Waals surface area contributed by atoms with Gasteiger partial charge in [0.05, 0.1) is 32.8 Å². The van der Waals surface area contributed by atoms with Crippen molar-refractivity contribution in [3.05, 3.63) is 59.6 Å². The Kier molecular flexibility index (Phi) is 11.0. The third kappa shape index (κ3) is 8.42. The quantitative estimate of drug-likeness (QED) is 0.297. The summed E-state index contributed by atoms with van der Waals surface area (Å²) in [7, 11) is -1.52. The number of benzene rings is 2. The second-order valence-corrected chi connectivity index (χ2v) is 12.6. The maximum absolute atomic E-state index is 13.7. The highest BCUT2D eigenvalue weighted by Gasteiger charge is 2.31. The van der Waals surface area contributed by atoms with Crippen molar-refractivity contribution >= 4 is 44.4 Å². The first-order chi connectivity index (χ1) is 18.0. The standard InChI is InChI=1S/C28H38N4O4S2/c1-18(2)15-32(38(36)22-11-12-23-26(14-22)37-17-29-23)16-25(34)24(13-21-9-7-6-8-10-21)31-28(35)27(19(3)4)30-20(5)33/h6-12,14,17-19,24-25,27,34H,13,15-16H2,1-5H3,(H,30,33)(H,31,35)/t24?,25?,27-,38?/m0/s1. The first kappa shape index (κ1) is 29.9. The van der Waals surface area contributed by atoms with Crippen LogP contribution in [0.25, 0.3) is 10.2 Å². The highest BCUT2D eigenvalue weighted by atomic mass is 32.2. The van der Waals surface area contributed by atoms with E-state index in [4.69, 9.17) is 0 Å². The number of carbonyl (C=O) groups is 2. The number of hydrogen-bond acceptors (Lipinski definition) is 6. The molecule has 0 aliphatic carbocycles. The summed E-state index contributed by atoms with van der Waals surface area (Å²) < 4.78 is 16.4. The first-order valence-electron chi connectivity index (χ1n) is 12.8. The molecule has 4 atom stereocenters. The van der Waals surface area contributed by atoms with Crippen LogP contribution in [0, 0.1) is 11.8 Å². The number of thiazole rings is 1. The van der Waals surface area contributed by atoms with Gasteiger partial charge in [-0.3, -0.25) is 9.59 Å². The molecule has 38 heavy (non-hydrogen) atoms. The number of carbonyl (C=O) groups excluding carboxylic acids is 2. The van der Waals surface area contributed by atoms with Crippen LogP contribution < -0.4 is 10.6 Å². The lowest BCUT2D eigenvalue weighted by Gasteiger charge is -2.32. The van der Waals surface area contributed by atoms with Crippen LogP contribution in [-0.2, 0) is 27.0 Å². The van der Waals surface area contributed by atoms with E-state index in [1.54, 1.807) is 9.82 Å². The Hall–Kier alpha value is -2.66. The molecule has 8 nitrogen and oxygen atoms in total. The fourth-order valence-corrected chi connectivity index (χ4v) is 6.44. The fourth-order valence-electron chi connectivity index (χ4n) is 4.22. The van der Waals surface area contributed by atoms with Crippen LogP contribution in [0.5, 0.6) is 0 Å². The monoisotopic (exact) mass is 558 g/mol. The third-order valence-corrected chi connectivity index (χ3v) is 8.31. The van der Waals surface area contributed by atoms with Gasteiger partial charge in [-0.15, -0.1) is 11.3 Å². The van der Waals surface area contributed by atoms with Gasteiger partial charge in [-0.25, -0.2) is 13.5 Å². The smallest absolute Gasteiger partial charge is 0.243 e. The first-order valence-corrected chi connectivity index (χ1v) is 14.8. The topological polar surface area (TPSA) is 112 Å². The van der Waals surface area contributed by atoms with Gasteiger partial charge in [0.25, 0.3) is 0 Å². The molecule has 0 aliphatic heterocycles. The van der Waals surface area contributed by atoms with E-state index in [-0.39, 0.29) is 30.2 Å². The molecule has 0 spiro atoms. The molecule has 1 heterocycles. The maximum atomic E-state index is 13.7. The Morgan fingerprint density at radius 3 is 2.39 bits per heavy atom. The van der Waals surface area contributed by atoms with Gasteiger partial charge >= 0.3 is 0 Å². The molecule has 206 valence electrons. The zero-order valence-electron chi connectivity index (χ0n) is 22.6. The predicted molar refractivity (Wildman–Crippen MR) is 153 cm³/mol. The SMILES string of the molecule is CC(=O)N[C@H](C(=O)NC(Cc1ccccc1)C(O)CN(CC(C)C)S(=O)c1ccc2ncsc2c1)C(C)C. The number of hydrogen-bond donors (Lipinski definition) is 3. The Labute approximate surface area is 231 Å². The zero-order valence-corrected chi connectivity index (χ0v) is 24.2. The molecule has 3 rings (SSSR count). The van der Waals surface area contributed by atoms with Crippen LogP contribution in [0.2, 0.25) is 0 Å². The summed E-state index contributed by atoms with van der Waals surface area (Å²) in [6, 6.07) is 13.8. The van der Waals surface area contributed by atoms with Crippen molar-refractivity contribution in [2.24, 2.45) is 11.8 Å². The van der Waals surface area contributed by atoms with Crippen LogP contribution in [0.3, 0.4) is 0 Å². The number of nitrogens with zero attached hydrogens (tertiary/aromatic N) is 2. The summed E-state index contributed by atoms with van der Waals surface area (Å²) in [5.41, 5.74) is 3.57. The molecule has 3 aromatic rings. The van der Waals surface area contributed by atoms with Gasteiger partial charge in [-0.2, -0.15) is 0 Å². The van der Waals surface area contributed by atoms with Crippen LogP contribution in [-0.4, -0.2) is 61.7 Å². The van der Waals surface area contributed by atoms with Crippen LogP contribution in [0.15, 0.2) is 58.9 Å². The lowest BCUT2D eigenvalue weighted by atomic mass is 9.98. The van der Waals surface area contributed by atoms with E-state index in [9.17, 15) is 18.9 Å². The average molecular weight is 559 g/mol. The van der Waals surface area contributed by atoms with E-state index in [0.29, 0.717) is 17.9 Å². The number of aliphatic hydroxyl groups is 1. The van der Waals surface area contributed by atoms with Gasteiger partial charge in [-0.05, 0) is 42.0 Å². The van der Waals surface area contributed by atoms with Crippen molar-refractivity contribution in [2.75, 3.05) is 13.1 Å². The molecule has 1 aromatic heterocycles. The Morgan fingerprint density at radius 1 is 1.05 bits per heavy atom. The lowest BCUT2D eigenvalue weighted by molar-refractivity contribution is -0.130. The maximum Gasteiger partial charge on any atom is 0.243 e. The summed E-state index contributed by atoms with van der Waals surface area (Å²) in [4.78, 5) is 29.9. The highest BCUT2D eigenvalue weighted by molar-refractivity contribution is 7.82. The van der Waals surface area contributed by atoms with Crippen molar-refractivity contribution in [2.45, 2.75) is 64.1 Å². The third-order valence-electron chi connectivity index (χ3n) is 6.10. The number of aliphatic hydroxyl groups excluding tert-OH is 1. The summed E-state index contributed by atoms with van der Waals surface area (Å²) >= 11 is 1.49. The average Bonchev–Trinajstić information content (AvgIpc) is 3.34. The predicted octanol–water partition coefficient (Wildman–Crippen LogP) is 3.53.